The molecule has 2 aliphatic rings. The van der Waals surface area contributed by atoms with Gasteiger partial charge < -0.3 is 14.6 Å². The van der Waals surface area contributed by atoms with E-state index >= 15 is 0 Å². The van der Waals surface area contributed by atoms with E-state index in [9.17, 15) is 14.7 Å². The highest BCUT2D eigenvalue weighted by atomic mass is 32.1. The maximum atomic E-state index is 13.7. The van der Waals surface area contributed by atoms with Crippen LogP contribution in [0.1, 0.15) is 54.1 Å². The number of carbonyl (C=O) groups is 2. The van der Waals surface area contributed by atoms with Crippen molar-refractivity contribution in [3.8, 4) is 11.5 Å². The Labute approximate surface area is 236 Å². The van der Waals surface area contributed by atoms with Crippen LogP contribution in [0.5, 0.6) is 11.5 Å². The number of anilines is 1. The normalized spacial score (nSPS) is 19.8. The number of ether oxygens (including phenoxy) is 2. The summed E-state index contributed by atoms with van der Waals surface area (Å²) in [7, 11) is 0. The van der Waals surface area contributed by atoms with Crippen LogP contribution in [0, 0.1) is 13.8 Å². The van der Waals surface area contributed by atoms with Gasteiger partial charge in [0.15, 0.2) is 5.13 Å². The highest BCUT2D eigenvalue weighted by molar-refractivity contribution is 7.22. The molecule has 2 atom stereocenters. The first-order chi connectivity index (χ1) is 19.2. The molecular weight excluding hydrogens is 524 g/mol. The molecule has 1 amide bonds. The van der Waals surface area contributed by atoms with Crippen LogP contribution in [0.15, 0.2) is 60.2 Å². The molecule has 6 rings (SSSR count). The number of fused-ring (bicyclic) bond motifs is 2. The van der Waals surface area contributed by atoms with Gasteiger partial charge in [-0.3, -0.25) is 14.5 Å². The van der Waals surface area contributed by atoms with E-state index < -0.39 is 17.7 Å². The first-order valence-corrected chi connectivity index (χ1v) is 14.3. The average molecular weight is 555 g/mol. The predicted molar refractivity (Wildman–Crippen MR) is 156 cm³/mol. The molecular formula is C32H30N2O5S. The van der Waals surface area contributed by atoms with Crippen molar-refractivity contribution in [2.24, 2.45) is 0 Å². The van der Waals surface area contributed by atoms with E-state index in [-0.39, 0.29) is 17.4 Å². The summed E-state index contributed by atoms with van der Waals surface area (Å²) in [6.07, 6.45) is 1.62. The largest absolute Gasteiger partial charge is 0.507 e. The van der Waals surface area contributed by atoms with Crippen LogP contribution in [0.4, 0.5) is 5.13 Å². The summed E-state index contributed by atoms with van der Waals surface area (Å²) in [6.45, 7) is 8.61. The number of benzene rings is 3. The van der Waals surface area contributed by atoms with Crippen molar-refractivity contribution in [2.75, 3.05) is 11.5 Å². The van der Waals surface area contributed by atoms with Gasteiger partial charge in [0.1, 0.15) is 23.4 Å². The minimum Gasteiger partial charge on any atom is -0.507 e. The molecule has 2 aliphatic heterocycles. The smallest absolute Gasteiger partial charge is 0.301 e. The first kappa shape index (κ1) is 26.1. The Balaban J connectivity index is 1.51. The molecule has 3 heterocycles. The number of hydrogen-bond donors (Lipinski definition) is 1. The first-order valence-electron chi connectivity index (χ1n) is 13.5. The van der Waals surface area contributed by atoms with E-state index in [1.807, 2.05) is 70.2 Å². The van der Waals surface area contributed by atoms with Gasteiger partial charge >= 0.3 is 5.91 Å². The van der Waals surface area contributed by atoms with Crippen molar-refractivity contribution in [1.82, 2.24) is 4.98 Å². The number of aliphatic hydroxyl groups excluding tert-OH is 1. The number of ketones is 1. The second kappa shape index (κ2) is 10.1. The fraction of sp³-hybridized carbons (Fsp3) is 0.281. The third-order valence-electron chi connectivity index (χ3n) is 7.31. The van der Waals surface area contributed by atoms with E-state index in [1.165, 1.54) is 16.2 Å². The van der Waals surface area contributed by atoms with E-state index in [4.69, 9.17) is 14.5 Å². The molecule has 0 aliphatic carbocycles. The number of amides is 1. The van der Waals surface area contributed by atoms with Gasteiger partial charge in [0.25, 0.3) is 5.78 Å². The minimum absolute atomic E-state index is 0.0336. The molecule has 0 unspecified atom stereocenters. The molecule has 8 heteroatoms. The maximum absolute atomic E-state index is 13.7. The number of thiazole rings is 1. The Bertz CT molecular complexity index is 1690. The number of rotatable bonds is 6. The van der Waals surface area contributed by atoms with Gasteiger partial charge in [-0.25, -0.2) is 4.98 Å². The number of carbonyl (C=O) groups excluding carboxylic acids is 2. The molecule has 0 bridgehead atoms. The summed E-state index contributed by atoms with van der Waals surface area (Å²) < 4.78 is 12.5. The highest BCUT2D eigenvalue weighted by Crippen LogP contribution is 2.45. The van der Waals surface area contributed by atoms with Gasteiger partial charge in [0.05, 0.1) is 28.4 Å². The number of aryl methyl sites for hydroxylation is 2. The SMILES string of the molecule is CCCOc1ccc([C@@H]2/C(=C(\O)c3ccc4c(c3)C[C@H](C)O4)C(=O)C(=O)N2c2nc3c(C)cc(C)cc3s2)cc1. The Morgan fingerprint density at radius 2 is 1.90 bits per heavy atom. The summed E-state index contributed by atoms with van der Waals surface area (Å²) in [5, 5.41) is 12.0. The summed E-state index contributed by atoms with van der Waals surface area (Å²) in [6, 6.07) is 15.9. The molecule has 40 heavy (non-hydrogen) atoms. The lowest BCUT2D eigenvalue weighted by molar-refractivity contribution is -0.132. The lowest BCUT2D eigenvalue weighted by atomic mass is 9.94. The predicted octanol–water partition coefficient (Wildman–Crippen LogP) is 6.65. The van der Waals surface area contributed by atoms with E-state index in [1.54, 1.807) is 12.1 Å². The molecule has 7 nitrogen and oxygen atoms in total. The third kappa shape index (κ3) is 4.42. The molecule has 1 fully saturated rings. The van der Waals surface area contributed by atoms with Gasteiger partial charge in [0.2, 0.25) is 0 Å². The van der Waals surface area contributed by atoms with Crippen molar-refractivity contribution in [3.63, 3.8) is 0 Å². The standard InChI is InChI=1S/C32H30N2O5S/c1-5-12-38-23-9-6-20(7-10-23)28-26(29(35)21-8-11-24-22(16-21)15-19(4)39-24)30(36)31(37)34(28)32-33-27-18(3)13-17(2)14-25(27)40-32/h6-11,13-14,16,19,28,35H,5,12,15H2,1-4H3/b29-26+/t19-,28+/m0/s1. The van der Waals surface area contributed by atoms with Gasteiger partial charge in [-0.1, -0.05) is 36.5 Å². The second-order valence-electron chi connectivity index (χ2n) is 10.5. The minimum atomic E-state index is -0.856. The molecule has 0 spiro atoms. The number of nitrogens with zero attached hydrogens (tertiary/aromatic N) is 2. The van der Waals surface area contributed by atoms with Crippen LogP contribution in [-0.2, 0) is 16.0 Å². The summed E-state index contributed by atoms with van der Waals surface area (Å²) in [4.78, 5) is 33.5. The number of Topliss-reactive ketones (excluding diaryl/α,β-unsaturated/α-hetero) is 1. The maximum Gasteiger partial charge on any atom is 0.301 e. The lowest BCUT2D eigenvalue weighted by Gasteiger charge is -2.23. The van der Waals surface area contributed by atoms with E-state index in [0.717, 1.165) is 39.1 Å². The monoisotopic (exact) mass is 554 g/mol. The van der Waals surface area contributed by atoms with Crippen molar-refractivity contribution in [3.05, 3.63) is 88.0 Å². The molecule has 1 aromatic heterocycles. The fourth-order valence-electron chi connectivity index (χ4n) is 5.50. The molecule has 204 valence electrons. The van der Waals surface area contributed by atoms with Gasteiger partial charge in [0, 0.05) is 12.0 Å². The Morgan fingerprint density at radius 3 is 2.65 bits per heavy atom. The van der Waals surface area contributed by atoms with Crippen LogP contribution in [0.25, 0.3) is 16.0 Å². The zero-order valence-corrected chi connectivity index (χ0v) is 23.7. The van der Waals surface area contributed by atoms with Crippen LogP contribution >= 0.6 is 11.3 Å². The molecule has 1 saturated heterocycles. The highest BCUT2D eigenvalue weighted by Gasteiger charge is 2.48. The van der Waals surface area contributed by atoms with Crippen molar-refractivity contribution >= 4 is 44.1 Å². The van der Waals surface area contributed by atoms with Crippen LogP contribution in [0.3, 0.4) is 0 Å². The lowest BCUT2D eigenvalue weighted by Crippen LogP contribution is -2.29. The van der Waals surface area contributed by atoms with Crippen LogP contribution in [0.2, 0.25) is 0 Å². The third-order valence-corrected chi connectivity index (χ3v) is 8.31. The zero-order chi connectivity index (χ0) is 28.1. The van der Waals surface area contributed by atoms with Gasteiger partial charge in [-0.15, -0.1) is 0 Å². The number of aliphatic hydroxyl groups is 1. The quantitative estimate of drug-likeness (QED) is 0.163. The average Bonchev–Trinajstić information content (AvgIpc) is 3.60. The van der Waals surface area contributed by atoms with E-state index in [2.05, 4.69) is 0 Å². The summed E-state index contributed by atoms with van der Waals surface area (Å²) in [5.41, 5.74) is 5.02. The Kier molecular flexibility index (Phi) is 6.58. The molecule has 0 saturated carbocycles. The van der Waals surface area contributed by atoms with Crippen molar-refractivity contribution in [2.45, 2.75) is 52.7 Å². The topological polar surface area (TPSA) is 89.0 Å². The Hall–Kier alpha value is -4.17. The van der Waals surface area contributed by atoms with Crippen LogP contribution < -0.4 is 14.4 Å². The zero-order valence-electron chi connectivity index (χ0n) is 22.9. The number of hydrogen-bond acceptors (Lipinski definition) is 7. The number of aromatic nitrogens is 1. The molecule has 0 radical (unpaired) electrons. The fourth-order valence-corrected chi connectivity index (χ4v) is 6.67. The summed E-state index contributed by atoms with van der Waals surface area (Å²) >= 11 is 1.36. The summed E-state index contributed by atoms with van der Waals surface area (Å²) in [5.74, 6) is -0.214. The Morgan fingerprint density at radius 1 is 1.12 bits per heavy atom. The van der Waals surface area contributed by atoms with Crippen molar-refractivity contribution < 1.29 is 24.2 Å². The van der Waals surface area contributed by atoms with Crippen molar-refractivity contribution in [1.29, 1.82) is 0 Å². The van der Waals surface area contributed by atoms with E-state index in [0.29, 0.717) is 35.0 Å². The molecule has 3 aromatic carbocycles. The van der Waals surface area contributed by atoms with Crippen LogP contribution in [-0.4, -0.2) is 34.5 Å². The van der Waals surface area contributed by atoms with Gasteiger partial charge in [-0.2, -0.15) is 0 Å². The van der Waals surface area contributed by atoms with Gasteiger partial charge in [-0.05, 0) is 85.8 Å². The second-order valence-corrected chi connectivity index (χ2v) is 11.5. The molecule has 4 aromatic rings. The molecule has 1 N–H and O–H groups in total.